The molecule has 0 aliphatic rings. The number of nitrogens with zero attached hydrogens (tertiary/aromatic N) is 4. The summed E-state index contributed by atoms with van der Waals surface area (Å²) in [6.45, 7) is 0. The van der Waals surface area contributed by atoms with Crippen molar-refractivity contribution in [3.05, 3.63) is 83.4 Å². The average molecular weight is 508 g/mol. The van der Waals surface area contributed by atoms with E-state index in [1.807, 2.05) is 0 Å². The first-order chi connectivity index (χ1) is 16.2. The quantitative estimate of drug-likeness (QED) is 0.261. The number of hydrogen-bond donors (Lipinski definition) is 1. The first-order valence-electron chi connectivity index (χ1n) is 9.63. The van der Waals surface area contributed by atoms with Crippen molar-refractivity contribution in [2.45, 2.75) is 11.3 Å². The second kappa shape index (κ2) is 9.82. The maximum absolute atomic E-state index is 13.5. The summed E-state index contributed by atoms with van der Waals surface area (Å²) >= 11 is 6.64. The second-order valence-electron chi connectivity index (χ2n) is 6.88. The van der Waals surface area contributed by atoms with E-state index in [2.05, 4.69) is 20.5 Å². The number of rotatable bonds is 6. The number of aromatic nitrogens is 4. The Bertz CT molecular complexity index is 1310. The van der Waals surface area contributed by atoms with Crippen molar-refractivity contribution in [3.8, 4) is 17.1 Å². The van der Waals surface area contributed by atoms with Gasteiger partial charge in [0, 0.05) is 29.3 Å². The van der Waals surface area contributed by atoms with Crippen LogP contribution >= 0.6 is 23.4 Å². The standard InChI is InChI=1S/C22H14ClF4N5OS/c23-18-6-3-15(11-17(18)22(25,26)27)29-19(33)12-34-21-31-30-20(13-7-9-28-10-8-13)32(21)16-4-1-14(24)2-5-16/h1-11H,12H2,(H,29,33). The molecule has 174 valence electrons. The van der Waals surface area contributed by atoms with Gasteiger partial charge in [0.1, 0.15) is 5.82 Å². The van der Waals surface area contributed by atoms with Crippen LogP contribution in [-0.2, 0) is 11.0 Å². The number of pyridine rings is 1. The normalized spacial score (nSPS) is 11.4. The van der Waals surface area contributed by atoms with Gasteiger partial charge in [-0.1, -0.05) is 23.4 Å². The van der Waals surface area contributed by atoms with Crippen LogP contribution in [0.3, 0.4) is 0 Å². The number of anilines is 1. The summed E-state index contributed by atoms with van der Waals surface area (Å²) in [5, 5.41) is 10.6. The van der Waals surface area contributed by atoms with Gasteiger partial charge in [-0.15, -0.1) is 10.2 Å². The highest BCUT2D eigenvalue weighted by molar-refractivity contribution is 7.99. The number of amides is 1. The minimum atomic E-state index is -4.65. The van der Waals surface area contributed by atoms with Crippen molar-refractivity contribution < 1.29 is 22.4 Å². The van der Waals surface area contributed by atoms with E-state index in [1.165, 1.54) is 18.2 Å². The van der Waals surface area contributed by atoms with Crippen LogP contribution in [-0.4, -0.2) is 31.4 Å². The first-order valence-corrected chi connectivity index (χ1v) is 11.0. The largest absolute Gasteiger partial charge is 0.417 e. The van der Waals surface area contributed by atoms with Gasteiger partial charge in [0.2, 0.25) is 5.91 Å². The highest BCUT2D eigenvalue weighted by Crippen LogP contribution is 2.36. The molecule has 2 aromatic heterocycles. The van der Waals surface area contributed by atoms with E-state index in [-0.39, 0.29) is 11.4 Å². The molecule has 6 nitrogen and oxygen atoms in total. The van der Waals surface area contributed by atoms with Gasteiger partial charge in [0.25, 0.3) is 0 Å². The molecule has 12 heteroatoms. The number of thioether (sulfide) groups is 1. The fourth-order valence-electron chi connectivity index (χ4n) is 3.02. The molecule has 0 aliphatic carbocycles. The average Bonchev–Trinajstić information content (AvgIpc) is 3.23. The zero-order valence-electron chi connectivity index (χ0n) is 17.1. The zero-order valence-corrected chi connectivity index (χ0v) is 18.6. The summed E-state index contributed by atoms with van der Waals surface area (Å²) in [4.78, 5) is 16.4. The predicted octanol–water partition coefficient (Wildman–Crippen LogP) is 5.87. The Hall–Kier alpha value is -3.44. The summed E-state index contributed by atoms with van der Waals surface area (Å²) in [5.74, 6) is -0.694. The topological polar surface area (TPSA) is 72.7 Å². The minimum absolute atomic E-state index is 0.0419. The molecule has 0 radical (unpaired) electrons. The van der Waals surface area contributed by atoms with E-state index in [0.29, 0.717) is 22.2 Å². The third-order valence-corrected chi connectivity index (χ3v) is 5.80. The Labute approximate surface area is 200 Å². The highest BCUT2D eigenvalue weighted by Gasteiger charge is 2.33. The van der Waals surface area contributed by atoms with Crippen LogP contribution in [0.25, 0.3) is 17.1 Å². The molecule has 2 heterocycles. The second-order valence-corrected chi connectivity index (χ2v) is 8.23. The van der Waals surface area contributed by atoms with Crippen LogP contribution in [0.4, 0.5) is 23.2 Å². The monoisotopic (exact) mass is 507 g/mol. The summed E-state index contributed by atoms with van der Waals surface area (Å²) in [6, 6.07) is 12.2. The molecule has 1 N–H and O–H groups in total. The summed E-state index contributed by atoms with van der Waals surface area (Å²) < 4.78 is 54.3. The Morgan fingerprint density at radius 1 is 1.03 bits per heavy atom. The van der Waals surface area contributed by atoms with Crippen LogP contribution in [0.15, 0.2) is 72.1 Å². The maximum atomic E-state index is 13.5. The van der Waals surface area contributed by atoms with Gasteiger partial charge in [0.15, 0.2) is 11.0 Å². The smallest absolute Gasteiger partial charge is 0.325 e. The van der Waals surface area contributed by atoms with E-state index in [9.17, 15) is 22.4 Å². The molecule has 2 aromatic carbocycles. The number of nitrogens with one attached hydrogen (secondary N) is 1. The third-order valence-electron chi connectivity index (χ3n) is 4.54. The molecular formula is C22H14ClF4N5OS. The summed E-state index contributed by atoms with van der Waals surface area (Å²) in [5.41, 5.74) is 0.176. The molecule has 1 amide bonds. The van der Waals surface area contributed by atoms with Crippen LogP contribution in [0.2, 0.25) is 5.02 Å². The van der Waals surface area contributed by atoms with E-state index in [4.69, 9.17) is 11.6 Å². The summed E-state index contributed by atoms with van der Waals surface area (Å²) in [7, 11) is 0. The lowest BCUT2D eigenvalue weighted by atomic mass is 10.2. The molecular weight excluding hydrogens is 494 g/mol. The summed E-state index contributed by atoms with van der Waals surface area (Å²) in [6.07, 6.45) is -1.48. The Morgan fingerprint density at radius 2 is 1.74 bits per heavy atom. The van der Waals surface area contributed by atoms with E-state index < -0.39 is 28.5 Å². The van der Waals surface area contributed by atoms with E-state index in [0.717, 1.165) is 23.9 Å². The number of benzene rings is 2. The molecule has 0 unspecified atom stereocenters. The Kier molecular flexibility index (Phi) is 6.85. The molecule has 0 fully saturated rings. The van der Waals surface area contributed by atoms with Gasteiger partial charge in [-0.3, -0.25) is 14.3 Å². The van der Waals surface area contributed by atoms with Crippen molar-refractivity contribution in [3.63, 3.8) is 0 Å². The van der Waals surface area contributed by atoms with Crippen molar-refractivity contribution >= 4 is 35.0 Å². The Balaban J connectivity index is 1.56. The number of carbonyl (C=O) groups is 1. The van der Waals surface area contributed by atoms with E-state index >= 15 is 0 Å². The molecule has 0 spiro atoms. The Morgan fingerprint density at radius 3 is 2.41 bits per heavy atom. The van der Waals surface area contributed by atoms with Crippen molar-refractivity contribution in [1.82, 2.24) is 19.7 Å². The lowest BCUT2D eigenvalue weighted by molar-refractivity contribution is -0.137. The molecule has 0 atom stereocenters. The van der Waals surface area contributed by atoms with E-state index in [1.54, 1.807) is 41.2 Å². The predicted molar refractivity (Wildman–Crippen MR) is 120 cm³/mol. The fourth-order valence-corrected chi connectivity index (χ4v) is 4.00. The maximum Gasteiger partial charge on any atom is 0.417 e. The molecule has 0 aliphatic heterocycles. The highest BCUT2D eigenvalue weighted by atomic mass is 35.5. The van der Waals surface area contributed by atoms with Crippen LogP contribution in [0.5, 0.6) is 0 Å². The zero-order chi connectivity index (χ0) is 24.3. The molecule has 0 saturated heterocycles. The molecule has 4 rings (SSSR count). The molecule has 0 bridgehead atoms. The van der Waals surface area contributed by atoms with Gasteiger partial charge < -0.3 is 5.32 Å². The minimum Gasteiger partial charge on any atom is -0.325 e. The number of carbonyl (C=O) groups excluding carboxylic acids is 1. The van der Waals surface area contributed by atoms with Crippen LogP contribution in [0, 0.1) is 5.82 Å². The lowest BCUT2D eigenvalue weighted by Crippen LogP contribution is -2.15. The molecule has 4 aromatic rings. The van der Waals surface area contributed by atoms with Gasteiger partial charge >= 0.3 is 6.18 Å². The molecule has 0 saturated carbocycles. The SMILES string of the molecule is O=C(CSc1nnc(-c2ccncc2)n1-c1ccc(F)cc1)Nc1ccc(Cl)c(C(F)(F)F)c1. The first kappa shape index (κ1) is 23.7. The number of hydrogen-bond acceptors (Lipinski definition) is 5. The van der Waals surface area contributed by atoms with Gasteiger partial charge in [0.05, 0.1) is 16.3 Å². The van der Waals surface area contributed by atoms with Crippen molar-refractivity contribution in [1.29, 1.82) is 0 Å². The van der Waals surface area contributed by atoms with Gasteiger partial charge in [-0.25, -0.2) is 4.39 Å². The van der Waals surface area contributed by atoms with Gasteiger partial charge in [-0.2, -0.15) is 13.2 Å². The fraction of sp³-hybridized carbons (Fsp3) is 0.0909. The lowest BCUT2D eigenvalue weighted by Gasteiger charge is -2.12. The van der Waals surface area contributed by atoms with Crippen molar-refractivity contribution in [2.75, 3.05) is 11.1 Å². The van der Waals surface area contributed by atoms with Crippen LogP contribution in [0.1, 0.15) is 5.56 Å². The van der Waals surface area contributed by atoms with Gasteiger partial charge in [-0.05, 0) is 54.6 Å². The van der Waals surface area contributed by atoms with Crippen LogP contribution < -0.4 is 5.32 Å². The van der Waals surface area contributed by atoms with Crippen molar-refractivity contribution in [2.24, 2.45) is 0 Å². The number of halogens is 5. The third kappa shape index (κ3) is 5.37. The number of alkyl halides is 3. The molecule has 34 heavy (non-hydrogen) atoms.